The zero-order chi connectivity index (χ0) is 45.8. The van der Waals surface area contributed by atoms with Crippen LogP contribution in [0.3, 0.4) is 0 Å². The SMILES string of the molecule is CN(CC(=O)O)c1ccc(NC(=O)c2ccc(C(=O)O)c(-c3c4ccc(=[N+]5CCC5)cc-4oc4cc(N5CCC5)ccc34)c2)cc1OCCOc1ccccc1N(CC(=O)O)CC(=O)O. The lowest BCUT2D eigenvalue weighted by molar-refractivity contribution is -0.137. The van der Waals surface area contributed by atoms with Gasteiger partial charge in [0.15, 0.2) is 0 Å². The fourth-order valence-electron chi connectivity index (χ4n) is 7.99. The zero-order valence-corrected chi connectivity index (χ0v) is 35.4. The number of para-hydroxylation sites is 2. The maximum atomic E-state index is 14.1. The number of nitrogens with zero attached hydrogens (tertiary/aromatic N) is 4. The van der Waals surface area contributed by atoms with Crippen molar-refractivity contribution in [1.29, 1.82) is 0 Å². The van der Waals surface area contributed by atoms with Crippen molar-refractivity contribution in [3.63, 3.8) is 0 Å². The molecule has 0 bridgehead atoms. The average Bonchev–Trinajstić information content (AvgIpc) is 3.22. The van der Waals surface area contributed by atoms with Crippen molar-refractivity contribution < 1.29 is 58.3 Å². The predicted molar refractivity (Wildman–Crippen MR) is 242 cm³/mol. The third kappa shape index (κ3) is 9.63. The molecule has 3 heterocycles. The van der Waals surface area contributed by atoms with Crippen molar-refractivity contribution in [2.75, 3.05) is 86.1 Å². The van der Waals surface area contributed by atoms with Gasteiger partial charge in [0.1, 0.15) is 68.8 Å². The van der Waals surface area contributed by atoms with Gasteiger partial charge in [-0.1, -0.05) is 12.1 Å². The molecule has 2 fully saturated rings. The minimum Gasteiger partial charge on any atom is -0.488 e. The van der Waals surface area contributed by atoms with E-state index >= 15 is 0 Å². The van der Waals surface area contributed by atoms with Crippen molar-refractivity contribution in [1.82, 2.24) is 4.58 Å². The second-order valence-electron chi connectivity index (χ2n) is 15.8. The van der Waals surface area contributed by atoms with Gasteiger partial charge in [0.25, 0.3) is 5.91 Å². The van der Waals surface area contributed by atoms with E-state index in [-0.39, 0.29) is 53.8 Å². The number of hydrogen-bond acceptors (Lipinski definition) is 11. The van der Waals surface area contributed by atoms with Crippen LogP contribution in [0.25, 0.3) is 33.4 Å². The first kappa shape index (κ1) is 43.6. The summed E-state index contributed by atoms with van der Waals surface area (Å²) in [6.07, 6.45) is 2.19. The number of aliphatic carboxylic acids is 3. The van der Waals surface area contributed by atoms with Gasteiger partial charge in [0.2, 0.25) is 5.36 Å². The monoisotopic (exact) mass is 884 g/mol. The standard InChI is InChI=1S/C48H45N5O12/c1-50(26-43(54)55)37-15-9-30(23-42(37)64-21-20-63-39-7-3-2-6-38(39)53(27-44(56)57)28-45(58)59)49-47(60)29-8-12-33(48(61)62)36(22-29)46-34-13-10-31(51-16-4-17-51)24-40(34)65-41-25-32(11-14-35(41)46)52-18-5-19-52/h2-3,6-15,22-25H,4-5,16-21,26-28H2,1H3,(H4-,49,54,55,56,57,58,59,60,61,62)/p+1. The summed E-state index contributed by atoms with van der Waals surface area (Å²) in [6, 6.07) is 27.3. The number of anilines is 4. The summed E-state index contributed by atoms with van der Waals surface area (Å²) >= 11 is 0. The van der Waals surface area contributed by atoms with Gasteiger partial charge in [0.05, 0.1) is 29.4 Å². The largest absolute Gasteiger partial charge is 0.488 e. The molecule has 3 aliphatic heterocycles. The number of carboxylic acids is 4. The van der Waals surface area contributed by atoms with E-state index in [1.165, 1.54) is 23.1 Å². The van der Waals surface area contributed by atoms with Crippen LogP contribution in [0.1, 0.15) is 33.6 Å². The van der Waals surface area contributed by atoms with Gasteiger partial charge < -0.3 is 54.3 Å². The fourth-order valence-corrected chi connectivity index (χ4v) is 7.99. The molecule has 0 aromatic heterocycles. The molecule has 0 atom stereocenters. The second kappa shape index (κ2) is 18.7. The summed E-state index contributed by atoms with van der Waals surface area (Å²) in [5.41, 5.74) is 4.30. The minimum absolute atomic E-state index is 0.00295. The number of ether oxygens (including phenoxy) is 2. The van der Waals surface area contributed by atoms with E-state index in [0.29, 0.717) is 39.1 Å². The smallest absolute Gasteiger partial charge is 0.336 e. The molecule has 0 saturated carbocycles. The molecule has 4 aliphatic rings. The number of benzene rings is 5. The lowest BCUT2D eigenvalue weighted by atomic mass is 9.89. The Labute approximate surface area is 371 Å². The van der Waals surface area contributed by atoms with Crippen molar-refractivity contribution in [2.24, 2.45) is 0 Å². The van der Waals surface area contributed by atoms with E-state index < -0.39 is 42.9 Å². The Morgan fingerprint density at radius 1 is 0.723 bits per heavy atom. The molecular weight excluding hydrogens is 839 g/mol. The highest BCUT2D eigenvalue weighted by atomic mass is 16.5. The van der Waals surface area contributed by atoms with Gasteiger partial charge in [-0.05, 0) is 72.6 Å². The molecule has 0 radical (unpaired) electrons. The van der Waals surface area contributed by atoms with Crippen LogP contribution in [-0.2, 0) is 14.4 Å². The van der Waals surface area contributed by atoms with E-state index in [1.54, 1.807) is 49.5 Å². The third-order valence-corrected chi connectivity index (χ3v) is 11.4. The van der Waals surface area contributed by atoms with Gasteiger partial charge in [-0.15, -0.1) is 0 Å². The number of carbonyl (C=O) groups is 5. The third-order valence-electron chi connectivity index (χ3n) is 11.4. The molecule has 8 rings (SSSR count). The Kier molecular flexibility index (Phi) is 12.5. The van der Waals surface area contributed by atoms with Crippen LogP contribution in [-0.4, -0.2) is 116 Å². The summed E-state index contributed by atoms with van der Waals surface area (Å²) < 4.78 is 20.8. The van der Waals surface area contributed by atoms with Gasteiger partial charge in [-0.3, -0.25) is 19.2 Å². The molecule has 1 aliphatic carbocycles. The fraction of sp³-hybridized carbons (Fsp3) is 0.250. The Morgan fingerprint density at radius 2 is 1.45 bits per heavy atom. The number of fused-ring (bicyclic) bond motifs is 2. The summed E-state index contributed by atoms with van der Waals surface area (Å²) in [5.74, 6) is -4.27. The van der Waals surface area contributed by atoms with Crippen LogP contribution in [0.4, 0.5) is 22.7 Å². The quantitative estimate of drug-likeness (QED) is 0.0409. The first-order valence-electron chi connectivity index (χ1n) is 21.0. The van der Waals surface area contributed by atoms with Crippen LogP contribution < -0.4 is 39.4 Å². The molecule has 2 saturated heterocycles. The highest BCUT2D eigenvalue weighted by Gasteiger charge is 2.26. The maximum absolute atomic E-state index is 14.1. The minimum atomic E-state index is -1.23. The van der Waals surface area contributed by atoms with Crippen molar-refractivity contribution >= 4 is 63.5 Å². The number of carboxylic acid groups (broad SMARTS) is 4. The van der Waals surface area contributed by atoms with Crippen molar-refractivity contribution in [3.05, 3.63) is 114 Å². The van der Waals surface area contributed by atoms with E-state index in [2.05, 4.69) is 14.8 Å². The first-order valence-corrected chi connectivity index (χ1v) is 21.0. The topological polar surface area (TPSA) is 223 Å². The number of hydrogen-bond donors (Lipinski definition) is 5. The van der Waals surface area contributed by atoms with Gasteiger partial charge in [0, 0.05) is 71.8 Å². The van der Waals surface area contributed by atoms with E-state index in [1.807, 2.05) is 36.4 Å². The molecule has 0 spiro atoms. The molecule has 0 unspecified atom stereocenters. The van der Waals surface area contributed by atoms with Crippen LogP contribution in [0.15, 0.2) is 101 Å². The normalized spacial score (nSPS) is 13.1. The molecule has 17 heteroatoms. The Morgan fingerprint density at radius 3 is 2.11 bits per heavy atom. The number of carbonyl (C=O) groups excluding carboxylic acids is 1. The molecule has 1 amide bonds. The molecule has 5 N–H and O–H groups in total. The summed E-state index contributed by atoms with van der Waals surface area (Å²) in [7, 11) is 1.56. The Bertz CT molecular complexity index is 2870. The van der Waals surface area contributed by atoms with Crippen molar-refractivity contribution in [2.45, 2.75) is 12.8 Å². The average molecular weight is 885 g/mol. The number of rotatable bonds is 18. The Hall–Kier alpha value is -8.08. The maximum Gasteiger partial charge on any atom is 0.336 e. The Balaban J connectivity index is 1.09. The second-order valence-corrected chi connectivity index (χ2v) is 15.8. The first-order chi connectivity index (χ1) is 31.3. The van der Waals surface area contributed by atoms with Crippen LogP contribution >= 0.6 is 0 Å². The van der Waals surface area contributed by atoms with Gasteiger partial charge in [-0.2, -0.15) is 0 Å². The molecular formula is C48H46N5O12+. The molecule has 17 nitrogen and oxygen atoms in total. The summed E-state index contributed by atoms with van der Waals surface area (Å²) in [5, 5.41) is 43.4. The van der Waals surface area contributed by atoms with Crippen LogP contribution in [0.2, 0.25) is 0 Å². The van der Waals surface area contributed by atoms with E-state index in [4.69, 9.17) is 13.9 Å². The van der Waals surface area contributed by atoms with Crippen LogP contribution in [0.5, 0.6) is 11.5 Å². The lowest BCUT2D eigenvalue weighted by Crippen LogP contribution is -2.40. The predicted octanol–water partition coefficient (Wildman–Crippen LogP) is 5.50. The van der Waals surface area contributed by atoms with Gasteiger partial charge >= 0.3 is 23.9 Å². The summed E-state index contributed by atoms with van der Waals surface area (Å²) in [4.78, 5) is 66.5. The van der Waals surface area contributed by atoms with Crippen molar-refractivity contribution in [3.8, 4) is 33.9 Å². The molecule has 4 aromatic rings. The van der Waals surface area contributed by atoms with Gasteiger partial charge in [-0.25, -0.2) is 9.37 Å². The lowest BCUT2D eigenvalue weighted by Gasteiger charge is -2.33. The summed E-state index contributed by atoms with van der Waals surface area (Å²) in [6.45, 7) is 2.00. The zero-order valence-electron chi connectivity index (χ0n) is 35.4. The highest BCUT2D eigenvalue weighted by molar-refractivity contribution is 6.11. The van der Waals surface area contributed by atoms with Crippen LogP contribution in [0, 0.1) is 0 Å². The number of nitrogens with one attached hydrogen (secondary N) is 1. The van der Waals surface area contributed by atoms with E-state index in [9.17, 15) is 44.4 Å². The molecule has 4 aromatic carbocycles. The highest BCUT2D eigenvalue weighted by Crippen LogP contribution is 2.43. The van der Waals surface area contributed by atoms with E-state index in [0.717, 1.165) is 55.0 Å². The molecule has 65 heavy (non-hydrogen) atoms. The number of amides is 1. The molecule has 334 valence electrons. The number of likely N-dealkylation sites (N-methyl/N-ethyl adjacent to an activating group) is 1. The number of aromatic carboxylic acids is 1.